The van der Waals surface area contributed by atoms with Gasteiger partial charge in [0.25, 0.3) is 5.69 Å². The van der Waals surface area contributed by atoms with E-state index in [1.807, 2.05) is 60.7 Å². The van der Waals surface area contributed by atoms with Crippen molar-refractivity contribution in [2.75, 3.05) is 26.4 Å². The van der Waals surface area contributed by atoms with Crippen molar-refractivity contribution < 1.29 is 38.6 Å². The largest absolute Gasteiger partial charge is 0.507 e. The van der Waals surface area contributed by atoms with Gasteiger partial charge >= 0.3 is 5.69 Å². The van der Waals surface area contributed by atoms with Crippen LogP contribution in [-0.4, -0.2) is 53.6 Å². The van der Waals surface area contributed by atoms with Crippen LogP contribution in [0.3, 0.4) is 0 Å². The second-order valence-corrected chi connectivity index (χ2v) is 14.4. The highest BCUT2D eigenvalue weighted by Crippen LogP contribution is 2.46. The first-order chi connectivity index (χ1) is 27.3. The van der Waals surface area contributed by atoms with E-state index in [2.05, 4.69) is 10.2 Å². The van der Waals surface area contributed by atoms with Crippen molar-refractivity contribution in [2.45, 2.75) is 88.0 Å². The number of aromatic hydroxyl groups is 1. The first-order valence-corrected chi connectivity index (χ1v) is 19.2. The number of nitro benzene ring substituents is 2. The molecule has 7 rings (SSSR count). The highest BCUT2D eigenvalue weighted by molar-refractivity contribution is 5.62. The monoisotopic (exact) mass is 766 g/mol. The summed E-state index contributed by atoms with van der Waals surface area (Å²) in [5.41, 5.74) is 0.194. The van der Waals surface area contributed by atoms with Crippen molar-refractivity contribution >= 4 is 22.7 Å². The van der Waals surface area contributed by atoms with Crippen molar-refractivity contribution in [3.05, 3.63) is 133 Å². The van der Waals surface area contributed by atoms with Gasteiger partial charge in [-0.05, 0) is 55.0 Å². The Labute approximate surface area is 324 Å². The van der Waals surface area contributed by atoms with Gasteiger partial charge in [-0.1, -0.05) is 86.3 Å². The molecule has 0 spiro atoms. The zero-order valence-electron chi connectivity index (χ0n) is 31.1. The number of phenolic OH excluding ortho intramolecular Hbond substituents is 1. The van der Waals surface area contributed by atoms with Crippen LogP contribution in [0.25, 0.3) is 0 Å². The molecule has 1 aliphatic heterocycles. The van der Waals surface area contributed by atoms with Gasteiger partial charge in [0.15, 0.2) is 5.69 Å². The average molecular weight is 767 g/mol. The van der Waals surface area contributed by atoms with Crippen LogP contribution >= 0.6 is 0 Å². The van der Waals surface area contributed by atoms with Gasteiger partial charge in [-0.15, -0.1) is 5.11 Å². The summed E-state index contributed by atoms with van der Waals surface area (Å²) >= 11 is 0. The lowest BCUT2D eigenvalue weighted by atomic mass is 9.76. The Hall–Kier alpha value is -5.12. The summed E-state index contributed by atoms with van der Waals surface area (Å²) < 4.78 is 33.0. The summed E-state index contributed by atoms with van der Waals surface area (Å²) in [7, 11) is 0. The van der Waals surface area contributed by atoms with Crippen molar-refractivity contribution in [3.63, 3.8) is 0 Å². The quantitative estimate of drug-likeness (QED) is 0.113. The fraction of sp³-hybridized carbons (Fsp3) is 0.429. The van der Waals surface area contributed by atoms with E-state index in [4.69, 9.17) is 23.7 Å². The zero-order valence-corrected chi connectivity index (χ0v) is 31.1. The number of azo groups is 1. The molecule has 2 bridgehead atoms. The van der Waals surface area contributed by atoms with Gasteiger partial charge in [-0.3, -0.25) is 20.2 Å². The third-order valence-corrected chi connectivity index (χ3v) is 11.1. The molecule has 294 valence electrons. The number of rotatable bonds is 6. The molecule has 1 heterocycles. The molecule has 1 N–H and O–H groups in total. The molecule has 2 fully saturated rings. The van der Waals surface area contributed by atoms with Gasteiger partial charge < -0.3 is 28.8 Å². The fourth-order valence-corrected chi connectivity index (χ4v) is 8.26. The topological polar surface area (TPSA) is 177 Å². The second-order valence-electron chi connectivity index (χ2n) is 14.4. The fourth-order valence-electron chi connectivity index (χ4n) is 8.26. The van der Waals surface area contributed by atoms with Crippen LogP contribution in [0.5, 0.6) is 5.75 Å². The smallest absolute Gasteiger partial charge is 0.303 e. The summed E-state index contributed by atoms with van der Waals surface area (Å²) in [5, 5.41) is 43.7. The number of hydrogen-bond donors (Lipinski definition) is 1. The molecule has 14 heteroatoms. The Morgan fingerprint density at radius 3 is 1.68 bits per heavy atom. The van der Waals surface area contributed by atoms with Gasteiger partial charge in [0.05, 0.1) is 73.4 Å². The zero-order chi connectivity index (χ0) is 39.0. The van der Waals surface area contributed by atoms with Crippen molar-refractivity contribution in [1.82, 2.24) is 0 Å². The van der Waals surface area contributed by atoms with Crippen LogP contribution in [0.15, 0.2) is 101 Å². The molecule has 0 amide bonds. The van der Waals surface area contributed by atoms with Crippen LogP contribution in [0.4, 0.5) is 22.7 Å². The van der Waals surface area contributed by atoms with Crippen molar-refractivity contribution in [2.24, 2.45) is 10.2 Å². The third-order valence-electron chi connectivity index (χ3n) is 11.1. The van der Waals surface area contributed by atoms with Crippen LogP contribution in [0.2, 0.25) is 0 Å². The maximum atomic E-state index is 12.0. The van der Waals surface area contributed by atoms with E-state index in [1.165, 1.54) is 6.07 Å². The third kappa shape index (κ3) is 8.49. The number of phenols is 1. The summed E-state index contributed by atoms with van der Waals surface area (Å²) in [6.45, 7) is 1.45. The molecule has 2 aliphatic carbocycles. The van der Waals surface area contributed by atoms with Crippen LogP contribution in [-0.2, 0) is 48.1 Å². The van der Waals surface area contributed by atoms with Gasteiger partial charge in [0.1, 0.15) is 17.0 Å². The predicted octanol–water partition coefficient (Wildman–Crippen LogP) is 9.40. The molecule has 0 saturated heterocycles. The maximum Gasteiger partial charge on any atom is 0.303 e. The molecule has 0 radical (unpaired) electrons. The first-order valence-electron chi connectivity index (χ1n) is 19.2. The van der Waals surface area contributed by atoms with E-state index in [1.54, 1.807) is 12.1 Å². The number of hydrogen-bond acceptors (Lipinski definition) is 12. The van der Waals surface area contributed by atoms with E-state index in [9.17, 15) is 25.3 Å². The van der Waals surface area contributed by atoms with Crippen LogP contribution < -0.4 is 0 Å². The summed E-state index contributed by atoms with van der Waals surface area (Å²) in [6, 6.07) is 26.4. The van der Waals surface area contributed by atoms with E-state index >= 15 is 0 Å². The Morgan fingerprint density at radius 1 is 0.643 bits per heavy atom. The molecular formula is C42H46N4O10. The van der Waals surface area contributed by atoms with Gasteiger partial charge in [0.2, 0.25) is 0 Å². The number of nitrogens with zero attached hydrogens (tertiary/aromatic N) is 4. The van der Waals surface area contributed by atoms with E-state index in [0.717, 1.165) is 61.8 Å². The van der Waals surface area contributed by atoms with Gasteiger partial charge in [-0.25, -0.2) is 0 Å². The minimum atomic E-state index is -0.833. The Bertz CT molecular complexity index is 1920. The standard InChI is InChI=1S/C42H46N4O10/c47-40-30-25-34(43-44-36-18-17-35(45(48)49)27-37(36)46(50)51)26-31(40)29-56-42(33-13-5-2-6-14-33)20-10-8-16-39(42)54-24-22-52-21-23-53-38-15-7-9-19-41(38,55-28-30)32-11-3-1-4-12-32/h1-6,11-14,17-18,25-27,38-39,47H,7-10,15-16,19-24,28-29H2/t38-,39+,41-,42+. The molecule has 56 heavy (non-hydrogen) atoms. The molecule has 2 saturated carbocycles. The van der Waals surface area contributed by atoms with E-state index in [-0.39, 0.29) is 42.5 Å². The SMILES string of the molecule is O=[N+]([O-])c1ccc(N=Nc2cc3c(O)c(c2)CO[C@@]2(c4ccccc4)CCCC[C@H]2OCCOCCO[C@H]2CCCC[C@@]2(c2ccccc2)OC3)c([N+](=O)[O-])c1. The minimum absolute atomic E-state index is 0.0271. The van der Waals surface area contributed by atoms with E-state index in [0.29, 0.717) is 50.4 Å². The molecule has 3 aliphatic rings. The lowest BCUT2D eigenvalue weighted by molar-refractivity contribution is -0.393. The second kappa shape index (κ2) is 17.8. The summed E-state index contributed by atoms with van der Waals surface area (Å²) in [4.78, 5) is 21.8. The number of nitro groups is 2. The number of fused-ring (bicyclic) bond motifs is 4. The minimum Gasteiger partial charge on any atom is -0.507 e. The Morgan fingerprint density at radius 2 is 1.18 bits per heavy atom. The summed E-state index contributed by atoms with van der Waals surface area (Å²) in [6.07, 6.45) is 6.12. The molecule has 0 unspecified atom stereocenters. The Balaban J connectivity index is 1.31. The van der Waals surface area contributed by atoms with Crippen molar-refractivity contribution in [3.8, 4) is 5.75 Å². The van der Waals surface area contributed by atoms with E-state index < -0.39 is 32.4 Å². The lowest BCUT2D eigenvalue weighted by Gasteiger charge is -2.44. The predicted molar refractivity (Wildman–Crippen MR) is 205 cm³/mol. The van der Waals surface area contributed by atoms with Crippen LogP contribution in [0, 0.1) is 20.2 Å². The van der Waals surface area contributed by atoms with Gasteiger partial charge in [-0.2, -0.15) is 5.11 Å². The lowest BCUT2D eigenvalue weighted by Crippen LogP contribution is -2.47. The molecule has 14 nitrogen and oxygen atoms in total. The molecule has 4 atom stereocenters. The summed E-state index contributed by atoms with van der Waals surface area (Å²) in [5.74, 6) is -0.0345. The number of benzene rings is 4. The molecule has 0 aromatic heterocycles. The average Bonchev–Trinajstić information content (AvgIpc) is 3.23. The number of ether oxygens (including phenoxy) is 5. The Kier molecular flexibility index (Phi) is 12.4. The van der Waals surface area contributed by atoms with Crippen LogP contribution in [0.1, 0.15) is 73.6 Å². The highest BCUT2D eigenvalue weighted by Gasteiger charge is 2.46. The van der Waals surface area contributed by atoms with Gasteiger partial charge in [0, 0.05) is 17.2 Å². The normalized spacial score (nSPS) is 25.3. The highest BCUT2D eigenvalue weighted by atomic mass is 16.6. The first kappa shape index (κ1) is 39.1. The molecule has 4 aromatic rings. The van der Waals surface area contributed by atoms with Crippen molar-refractivity contribution in [1.29, 1.82) is 0 Å². The maximum absolute atomic E-state index is 12.0. The molecular weight excluding hydrogens is 720 g/mol. The molecule has 4 aromatic carbocycles. The number of non-ortho nitro benzene ring substituents is 1.